The molecule has 6 heteroatoms. The summed E-state index contributed by atoms with van der Waals surface area (Å²) in [5, 5.41) is 0.988. The Bertz CT molecular complexity index is 487. The lowest BCUT2D eigenvalue weighted by Crippen LogP contribution is -2.30. The van der Waals surface area contributed by atoms with E-state index in [1.165, 1.54) is 0 Å². The average molecular weight is 272 g/mol. The van der Waals surface area contributed by atoms with Crippen molar-refractivity contribution in [3.05, 3.63) is 52.2 Å². The molecule has 0 aliphatic carbocycles. The van der Waals surface area contributed by atoms with E-state index in [0.29, 0.717) is 22.2 Å². The number of furan rings is 1. The summed E-state index contributed by atoms with van der Waals surface area (Å²) in [7, 11) is 0. The van der Waals surface area contributed by atoms with Gasteiger partial charge in [-0.15, -0.1) is 0 Å². The van der Waals surface area contributed by atoms with Crippen molar-refractivity contribution in [2.45, 2.75) is 12.5 Å². The van der Waals surface area contributed by atoms with Crippen LogP contribution in [0, 0.1) is 0 Å². The summed E-state index contributed by atoms with van der Waals surface area (Å²) < 4.78 is 5.00. The van der Waals surface area contributed by atoms with Crippen molar-refractivity contribution in [2.75, 3.05) is 0 Å². The third-order valence-electron chi connectivity index (χ3n) is 2.39. The van der Waals surface area contributed by atoms with E-state index in [0.717, 1.165) is 5.56 Å². The Labute approximate surface area is 109 Å². The molecule has 1 atom stereocenters. The number of halogens is 2. The van der Waals surface area contributed by atoms with E-state index in [2.05, 4.69) is 10.4 Å². The second-order valence-corrected chi connectivity index (χ2v) is 4.42. The van der Waals surface area contributed by atoms with Crippen LogP contribution in [0.1, 0.15) is 17.3 Å². The minimum atomic E-state index is -0.183. The molecule has 0 bridgehead atoms. The fourth-order valence-corrected chi connectivity index (χ4v) is 2.07. The molecule has 0 aromatic carbocycles. The Kier molecular flexibility index (Phi) is 4.02. The average Bonchev–Trinajstić information content (AvgIpc) is 2.79. The number of pyridine rings is 1. The molecular weight excluding hydrogens is 261 g/mol. The number of hydrogen-bond acceptors (Lipinski definition) is 4. The number of nitrogens with zero attached hydrogens (tertiary/aromatic N) is 1. The van der Waals surface area contributed by atoms with Gasteiger partial charge in [-0.05, 0) is 24.1 Å². The van der Waals surface area contributed by atoms with Gasteiger partial charge in [0.2, 0.25) is 0 Å². The summed E-state index contributed by atoms with van der Waals surface area (Å²) >= 11 is 11.9. The summed E-state index contributed by atoms with van der Waals surface area (Å²) in [4.78, 5) is 4.19. The maximum Gasteiger partial charge on any atom is 0.0935 e. The van der Waals surface area contributed by atoms with Gasteiger partial charge in [-0.2, -0.15) is 0 Å². The largest absolute Gasteiger partial charge is 0.472 e. The monoisotopic (exact) mass is 271 g/mol. The lowest BCUT2D eigenvalue weighted by Gasteiger charge is -2.15. The molecule has 0 aliphatic rings. The van der Waals surface area contributed by atoms with Crippen molar-refractivity contribution in [2.24, 2.45) is 5.84 Å². The van der Waals surface area contributed by atoms with Crippen molar-refractivity contribution in [1.29, 1.82) is 0 Å². The van der Waals surface area contributed by atoms with Crippen LogP contribution in [0.15, 0.2) is 35.3 Å². The zero-order valence-corrected chi connectivity index (χ0v) is 10.4. The Morgan fingerprint density at radius 2 is 2.29 bits per heavy atom. The molecular formula is C11H11Cl2N3O. The van der Waals surface area contributed by atoms with Crippen LogP contribution in [0.2, 0.25) is 10.0 Å². The number of nitrogens with two attached hydrogens (primary N) is 1. The second kappa shape index (κ2) is 5.51. The first-order valence-electron chi connectivity index (χ1n) is 4.99. The van der Waals surface area contributed by atoms with Crippen LogP contribution in [0.5, 0.6) is 0 Å². The van der Waals surface area contributed by atoms with Gasteiger partial charge in [-0.3, -0.25) is 16.3 Å². The molecule has 0 radical (unpaired) electrons. The van der Waals surface area contributed by atoms with Gasteiger partial charge in [0.1, 0.15) is 0 Å². The third-order valence-corrected chi connectivity index (χ3v) is 2.90. The SMILES string of the molecule is NNC(Cc1ccoc1)c1ncc(Cl)cc1Cl. The molecule has 1 unspecified atom stereocenters. The van der Waals surface area contributed by atoms with Gasteiger partial charge in [0.05, 0.1) is 34.3 Å². The molecule has 0 aliphatic heterocycles. The van der Waals surface area contributed by atoms with Crippen LogP contribution in [0.25, 0.3) is 0 Å². The minimum Gasteiger partial charge on any atom is -0.472 e. The van der Waals surface area contributed by atoms with E-state index in [9.17, 15) is 0 Å². The Morgan fingerprint density at radius 1 is 1.47 bits per heavy atom. The molecule has 4 nitrogen and oxygen atoms in total. The van der Waals surface area contributed by atoms with Gasteiger partial charge in [0.25, 0.3) is 0 Å². The highest BCUT2D eigenvalue weighted by molar-refractivity contribution is 6.34. The van der Waals surface area contributed by atoms with Crippen LogP contribution in [0.4, 0.5) is 0 Å². The highest BCUT2D eigenvalue weighted by Gasteiger charge is 2.16. The van der Waals surface area contributed by atoms with Crippen molar-refractivity contribution in [1.82, 2.24) is 10.4 Å². The fourth-order valence-electron chi connectivity index (χ4n) is 1.56. The second-order valence-electron chi connectivity index (χ2n) is 3.58. The molecule has 0 spiro atoms. The summed E-state index contributed by atoms with van der Waals surface area (Å²) in [5.74, 6) is 5.52. The molecule has 90 valence electrons. The van der Waals surface area contributed by atoms with E-state index in [1.807, 2.05) is 6.07 Å². The molecule has 0 fully saturated rings. The van der Waals surface area contributed by atoms with Crippen LogP contribution >= 0.6 is 23.2 Å². The summed E-state index contributed by atoms with van der Waals surface area (Å²) in [5.41, 5.74) is 4.37. The van der Waals surface area contributed by atoms with Gasteiger partial charge in [0.15, 0.2) is 0 Å². The van der Waals surface area contributed by atoms with E-state index in [1.54, 1.807) is 24.8 Å². The fraction of sp³-hybridized carbons (Fsp3) is 0.182. The summed E-state index contributed by atoms with van der Waals surface area (Å²) in [6, 6.07) is 3.33. The van der Waals surface area contributed by atoms with Crippen LogP contribution in [-0.4, -0.2) is 4.98 Å². The minimum absolute atomic E-state index is 0.183. The van der Waals surface area contributed by atoms with Gasteiger partial charge in [0, 0.05) is 6.20 Å². The molecule has 2 aromatic rings. The smallest absolute Gasteiger partial charge is 0.0935 e. The number of rotatable bonds is 4. The quantitative estimate of drug-likeness (QED) is 0.663. The summed E-state index contributed by atoms with van der Waals surface area (Å²) in [6.07, 6.45) is 5.46. The molecule has 0 amide bonds. The predicted octanol–water partition coefficient (Wildman–Crippen LogP) is 2.73. The highest BCUT2D eigenvalue weighted by atomic mass is 35.5. The zero-order valence-electron chi connectivity index (χ0n) is 8.86. The molecule has 0 saturated heterocycles. The molecule has 2 heterocycles. The zero-order chi connectivity index (χ0) is 12.3. The van der Waals surface area contributed by atoms with E-state index in [4.69, 9.17) is 33.5 Å². The van der Waals surface area contributed by atoms with E-state index in [-0.39, 0.29) is 6.04 Å². The lowest BCUT2D eigenvalue weighted by atomic mass is 10.1. The summed E-state index contributed by atoms with van der Waals surface area (Å²) in [6.45, 7) is 0. The standard InChI is InChI=1S/C11H11Cl2N3O/c12-8-4-9(13)11(15-5-8)10(16-14)3-7-1-2-17-6-7/h1-2,4-6,10,16H,3,14H2. The normalized spacial score (nSPS) is 12.6. The van der Waals surface area contributed by atoms with Crippen molar-refractivity contribution < 1.29 is 4.42 Å². The first-order chi connectivity index (χ1) is 8.20. The molecule has 2 rings (SSSR count). The lowest BCUT2D eigenvalue weighted by molar-refractivity contribution is 0.527. The molecule has 2 aromatic heterocycles. The third kappa shape index (κ3) is 2.98. The number of aromatic nitrogens is 1. The maximum absolute atomic E-state index is 6.08. The van der Waals surface area contributed by atoms with Gasteiger partial charge >= 0.3 is 0 Å². The van der Waals surface area contributed by atoms with Crippen molar-refractivity contribution in [3.63, 3.8) is 0 Å². The predicted molar refractivity (Wildman–Crippen MR) is 66.7 cm³/mol. The Morgan fingerprint density at radius 3 is 2.88 bits per heavy atom. The van der Waals surface area contributed by atoms with Crippen LogP contribution < -0.4 is 11.3 Å². The first-order valence-corrected chi connectivity index (χ1v) is 5.74. The Hall–Kier alpha value is -1.07. The van der Waals surface area contributed by atoms with Gasteiger partial charge in [-0.1, -0.05) is 23.2 Å². The Balaban J connectivity index is 2.23. The molecule has 3 N–H and O–H groups in total. The maximum atomic E-state index is 6.08. The first kappa shape index (κ1) is 12.4. The molecule has 0 saturated carbocycles. The molecule has 17 heavy (non-hydrogen) atoms. The van der Waals surface area contributed by atoms with Crippen LogP contribution in [-0.2, 0) is 6.42 Å². The van der Waals surface area contributed by atoms with Crippen molar-refractivity contribution in [3.8, 4) is 0 Å². The van der Waals surface area contributed by atoms with Gasteiger partial charge in [-0.25, -0.2) is 0 Å². The topological polar surface area (TPSA) is 64.1 Å². The van der Waals surface area contributed by atoms with E-state index >= 15 is 0 Å². The number of hydrazine groups is 1. The number of hydrogen-bond donors (Lipinski definition) is 2. The van der Waals surface area contributed by atoms with E-state index < -0.39 is 0 Å². The van der Waals surface area contributed by atoms with Gasteiger partial charge < -0.3 is 4.42 Å². The van der Waals surface area contributed by atoms with Crippen molar-refractivity contribution >= 4 is 23.2 Å². The number of nitrogens with one attached hydrogen (secondary N) is 1. The highest BCUT2D eigenvalue weighted by Crippen LogP contribution is 2.25. The van der Waals surface area contributed by atoms with Crippen LogP contribution in [0.3, 0.4) is 0 Å².